The molecule has 2 aromatic heterocycles. The molecule has 1 aliphatic rings. The van der Waals surface area contributed by atoms with Gasteiger partial charge in [0, 0.05) is 12.2 Å². The third-order valence-electron chi connectivity index (χ3n) is 4.60. The molecule has 1 aliphatic carbocycles. The summed E-state index contributed by atoms with van der Waals surface area (Å²) >= 11 is 6.21. The maximum Gasteiger partial charge on any atom is 0.271 e. The Bertz CT molecular complexity index is 764. The van der Waals surface area contributed by atoms with Crippen LogP contribution < -0.4 is 11.1 Å². The first-order valence-corrected chi connectivity index (χ1v) is 8.55. The maximum absolute atomic E-state index is 12.7. The van der Waals surface area contributed by atoms with Gasteiger partial charge in [0.15, 0.2) is 5.82 Å². The number of nitrogens with two attached hydrogens (primary N) is 1. The molecular formula is C17H22ClN5O. The number of rotatable bonds is 4. The number of aryl methyl sites for hydroxylation is 2. The molecule has 7 heteroatoms. The standard InChI is InChI=1S/C17H22ClN5O/c1-11-9-12(2)23(22-11)14-6-5-13(18)15(20-14)16(24)21-17(10-19)7-3-4-8-17/h5-6,9H,3-4,7-8,10,19H2,1-2H3,(H,21,24). The summed E-state index contributed by atoms with van der Waals surface area (Å²) < 4.78 is 1.71. The molecule has 0 spiro atoms. The highest BCUT2D eigenvalue weighted by molar-refractivity contribution is 6.33. The lowest BCUT2D eigenvalue weighted by Gasteiger charge is -2.28. The fourth-order valence-electron chi connectivity index (χ4n) is 3.30. The van der Waals surface area contributed by atoms with E-state index in [-0.39, 0.29) is 17.1 Å². The summed E-state index contributed by atoms with van der Waals surface area (Å²) in [5.41, 5.74) is 7.61. The number of carbonyl (C=O) groups excluding carboxylic acids is 1. The number of nitrogens with zero attached hydrogens (tertiary/aromatic N) is 3. The minimum atomic E-state index is -0.337. The van der Waals surface area contributed by atoms with E-state index in [1.807, 2.05) is 19.9 Å². The van der Waals surface area contributed by atoms with Gasteiger partial charge in [-0.3, -0.25) is 4.79 Å². The number of nitrogens with one attached hydrogen (secondary N) is 1. The molecule has 0 aliphatic heterocycles. The molecule has 0 saturated heterocycles. The number of aromatic nitrogens is 3. The quantitative estimate of drug-likeness (QED) is 0.889. The summed E-state index contributed by atoms with van der Waals surface area (Å²) in [5.74, 6) is 0.291. The van der Waals surface area contributed by atoms with Crippen molar-refractivity contribution in [1.29, 1.82) is 0 Å². The number of hydrogen-bond donors (Lipinski definition) is 2. The molecule has 1 amide bonds. The third-order valence-corrected chi connectivity index (χ3v) is 4.91. The van der Waals surface area contributed by atoms with E-state index in [4.69, 9.17) is 17.3 Å². The molecule has 24 heavy (non-hydrogen) atoms. The van der Waals surface area contributed by atoms with Crippen LogP contribution >= 0.6 is 11.6 Å². The van der Waals surface area contributed by atoms with Crippen LogP contribution in [0.25, 0.3) is 5.82 Å². The maximum atomic E-state index is 12.7. The fourth-order valence-corrected chi connectivity index (χ4v) is 3.49. The second-order valence-corrected chi connectivity index (χ2v) is 6.89. The van der Waals surface area contributed by atoms with Crippen molar-refractivity contribution in [2.24, 2.45) is 5.73 Å². The van der Waals surface area contributed by atoms with Crippen LogP contribution in [0.5, 0.6) is 0 Å². The summed E-state index contributed by atoms with van der Waals surface area (Å²) in [7, 11) is 0. The summed E-state index contributed by atoms with van der Waals surface area (Å²) in [6.07, 6.45) is 3.93. The first kappa shape index (κ1) is 16.9. The Balaban J connectivity index is 1.91. The van der Waals surface area contributed by atoms with Crippen LogP contribution in [0.3, 0.4) is 0 Å². The monoisotopic (exact) mass is 347 g/mol. The highest BCUT2D eigenvalue weighted by Gasteiger charge is 2.34. The molecule has 0 radical (unpaired) electrons. The Hall–Kier alpha value is -1.92. The average Bonchev–Trinajstić information content (AvgIpc) is 3.14. The molecule has 128 valence electrons. The Morgan fingerprint density at radius 3 is 2.67 bits per heavy atom. The first-order valence-electron chi connectivity index (χ1n) is 8.17. The number of halogens is 1. The zero-order valence-corrected chi connectivity index (χ0v) is 14.7. The molecule has 0 bridgehead atoms. The SMILES string of the molecule is Cc1cc(C)n(-c2ccc(Cl)c(C(=O)NC3(CN)CCCC3)n2)n1. The van der Waals surface area contributed by atoms with E-state index in [2.05, 4.69) is 15.4 Å². The fraction of sp³-hybridized carbons (Fsp3) is 0.471. The second-order valence-electron chi connectivity index (χ2n) is 6.48. The Morgan fingerprint density at radius 2 is 2.08 bits per heavy atom. The molecule has 3 rings (SSSR count). The van der Waals surface area contributed by atoms with E-state index in [0.29, 0.717) is 17.4 Å². The number of carbonyl (C=O) groups is 1. The highest BCUT2D eigenvalue weighted by Crippen LogP contribution is 2.29. The van der Waals surface area contributed by atoms with E-state index < -0.39 is 0 Å². The lowest BCUT2D eigenvalue weighted by atomic mass is 9.97. The van der Waals surface area contributed by atoms with E-state index in [0.717, 1.165) is 37.1 Å². The Labute approximate surface area is 146 Å². The number of pyridine rings is 1. The summed E-state index contributed by atoms with van der Waals surface area (Å²) in [5, 5.41) is 7.78. The van der Waals surface area contributed by atoms with Crippen molar-refractivity contribution in [3.63, 3.8) is 0 Å². The third kappa shape index (κ3) is 3.16. The number of amides is 1. The molecule has 1 saturated carbocycles. The molecule has 0 atom stereocenters. The lowest BCUT2D eigenvalue weighted by Crippen LogP contribution is -2.51. The van der Waals surface area contributed by atoms with Crippen LogP contribution in [0, 0.1) is 13.8 Å². The van der Waals surface area contributed by atoms with Crippen molar-refractivity contribution in [2.75, 3.05) is 6.54 Å². The van der Waals surface area contributed by atoms with Gasteiger partial charge in [-0.1, -0.05) is 24.4 Å². The van der Waals surface area contributed by atoms with Crippen molar-refractivity contribution in [3.8, 4) is 5.82 Å². The predicted molar refractivity (Wildman–Crippen MR) is 93.6 cm³/mol. The highest BCUT2D eigenvalue weighted by atomic mass is 35.5. The molecule has 2 heterocycles. The largest absolute Gasteiger partial charge is 0.344 e. The Morgan fingerprint density at radius 1 is 1.38 bits per heavy atom. The Kier molecular flexibility index (Phi) is 4.60. The van der Waals surface area contributed by atoms with Crippen LogP contribution in [0.1, 0.15) is 47.6 Å². The average molecular weight is 348 g/mol. The van der Waals surface area contributed by atoms with E-state index >= 15 is 0 Å². The zero-order chi connectivity index (χ0) is 17.3. The van der Waals surface area contributed by atoms with Crippen LogP contribution in [0.4, 0.5) is 0 Å². The summed E-state index contributed by atoms with van der Waals surface area (Å²) in [6.45, 7) is 4.28. The topological polar surface area (TPSA) is 85.8 Å². The molecule has 0 aromatic carbocycles. The van der Waals surface area contributed by atoms with Crippen LogP contribution in [-0.2, 0) is 0 Å². The van der Waals surface area contributed by atoms with Crippen molar-refractivity contribution in [3.05, 3.63) is 40.3 Å². The van der Waals surface area contributed by atoms with Gasteiger partial charge in [0.25, 0.3) is 5.91 Å². The molecule has 2 aromatic rings. The summed E-state index contributed by atoms with van der Waals surface area (Å²) in [4.78, 5) is 17.2. The zero-order valence-electron chi connectivity index (χ0n) is 14.0. The molecule has 0 unspecified atom stereocenters. The van der Waals surface area contributed by atoms with Crippen molar-refractivity contribution < 1.29 is 4.79 Å². The van der Waals surface area contributed by atoms with Crippen LogP contribution in [0.15, 0.2) is 18.2 Å². The predicted octanol–water partition coefficient (Wildman–Crippen LogP) is 2.54. The van der Waals surface area contributed by atoms with Gasteiger partial charge in [-0.2, -0.15) is 5.10 Å². The molecule has 6 nitrogen and oxygen atoms in total. The van der Waals surface area contributed by atoms with Crippen molar-refractivity contribution >= 4 is 17.5 Å². The first-order chi connectivity index (χ1) is 11.4. The molecule has 3 N–H and O–H groups in total. The van der Waals surface area contributed by atoms with Crippen LogP contribution in [0.2, 0.25) is 5.02 Å². The lowest BCUT2D eigenvalue weighted by molar-refractivity contribution is 0.0898. The smallest absolute Gasteiger partial charge is 0.271 e. The van der Waals surface area contributed by atoms with Gasteiger partial charge in [-0.05, 0) is 44.9 Å². The molecular weight excluding hydrogens is 326 g/mol. The van der Waals surface area contributed by atoms with Gasteiger partial charge in [-0.15, -0.1) is 0 Å². The van der Waals surface area contributed by atoms with E-state index in [9.17, 15) is 4.79 Å². The van der Waals surface area contributed by atoms with Gasteiger partial charge in [0.2, 0.25) is 0 Å². The van der Waals surface area contributed by atoms with Gasteiger partial charge in [0.05, 0.1) is 16.3 Å². The normalized spacial score (nSPS) is 16.3. The minimum Gasteiger partial charge on any atom is -0.344 e. The summed E-state index contributed by atoms with van der Waals surface area (Å²) in [6, 6.07) is 5.39. The van der Waals surface area contributed by atoms with Crippen molar-refractivity contribution in [1.82, 2.24) is 20.1 Å². The minimum absolute atomic E-state index is 0.210. The van der Waals surface area contributed by atoms with E-state index in [1.165, 1.54) is 0 Å². The van der Waals surface area contributed by atoms with Gasteiger partial charge < -0.3 is 11.1 Å². The number of hydrogen-bond acceptors (Lipinski definition) is 4. The van der Waals surface area contributed by atoms with E-state index in [1.54, 1.807) is 16.8 Å². The van der Waals surface area contributed by atoms with Gasteiger partial charge in [0.1, 0.15) is 5.69 Å². The van der Waals surface area contributed by atoms with Crippen LogP contribution in [-0.4, -0.2) is 32.8 Å². The van der Waals surface area contributed by atoms with Gasteiger partial charge in [-0.25, -0.2) is 9.67 Å². The van der Waals surface area contributed by atoms with Crippen molar-refractivity contribution in [2.45, 2.75) is 45.1 Å². The second kappa shape index (κ2) is 6.53. The van der Waals surface area contributed by atoms with Gasteiger partial charge >= 0.3 is 0 Å². The molecule has 1 fully saturated rings.